The van der Waals surface area contributed by atoms with Gasteiger partial charge >= 0.3 is 0 Å². The number of halogens is 2. The molecule has 1 aromatic carbocycles. The molecule has 8 heteroatoms. The van der Waals surface area contributed by atoms with E-state index in [4.69, 9.17) is 4.74 Å². The maximum Gasteiger partial charge on any atom is 0.249 e. The molecule has 1 aromatic heterocycles. The Bertz CT molecular complexity index is 874. The monoisotopic (exact) mass is 380 g/mol. The number of benzene rings is 1. The van der Waals surface area contributed by atoms with E-state index in [1.54, 1.807) is 24.5 Å². The lowest BCUT2D eigenvalue weighted by molar-refractivity contribution is 0.0951. The van der Waals surface area contributed by atoms with Crippen LogP contribution in [-0.4, -0.2) is 35.9 Å². The Morgan fingerprint density at radius 2 is 1.69 bits per heavy atom. The van der Waals surface area contributed by atoms with Gasteiger partial charge in [0.1, 0.15) is 23.5 Å². The zero-order valence-corrected chi connectivity index (χ0v) is 14.7. The molecule has 138 valence electrons. The topological polar surface area (TPSA) is 59.5 Å². The molecular weight excluding hydrogens is 362 g/mol. The van der Waals surface area contributed by atoms with Crippen LogP contribution in [-0.2, 0) is 10.0 Å². The molecule has 4 rings (SSSR count). The summed E-state index contributed by atoms with van der Waals surface area (Å²) in [6.07, 6.45) is 5.41. The van der Waals surface area contributed by atoms with Gasteiger partial charge in [0.05, 0.1) is 6.20 Å². The highest BCUT2D eigenvalue weighted by Gasteiger charge is 2.49. The molecule has 3 heterocycles. The molecule has 0 spiro atoms. The summed E-state index contributed by atoms with van der Waals surface area (Å²) in [5.41, 5.74) is 0. The van der Waals surface area contributed by atoms with Gasteiger partial charge in [-0.25, -0.2) is 17.2 Å². The predicted octanol–water partition coefficient (Wildman–Crippen LogP) is 3.12. The van der Waals surface area contributed by atoms with Crippen LogP contribution in [0, 0.1) is 11.6 Å². The van der Waals surface area contributed by atoms with Crippen molar-refractivity contribution in [1.82, 2.24) is 9.29 Å². The highest BCUT2D eigenvalue weighted by Crippen LogP contribution is 2.41. The van der Waals surface area contributed by atoms with Crippen molar-refractivity contribution < 1.29 is 21.9 Å². The second kappa shape index (κ2) is 6.59. The van der Waals surface area contributed by atoms with Gasteiger partial charge in [0.2, 0.25) is 10.0 Å². The smallest absolute Gasteiger partial charge is 0.249 e. The zero-order valence-electron chi connectivity index (χ0n) is 13.9. The summed E-state index contributed by atoms with van der Waals surface area (Å²) < 4.78 is 61.2. The summed E-state index contributed by atoms with van der Waals surface area (Å²) in [6.45, 7) is 0. The van der Waals surface area contributed by atoms with E-state index in [9.17, 15) is 17.2 Å². The SMILES string of the molecule is O=S(=O)(c1c(F)cccc1F)N1[C@H]2CC[C@H]1CC(Oc1cccnc1)C2. The van der Waals surface area contributed by atoms with Crippen LogP contribution in [0.4, 0.5) is 8.78 Å². The maximum atomic E-state index is 14.1. The van der Waals surface area contributed by atoms with E-state index in [0.717, 1.165) is 18.2 Å². The van der Waals surface area contributed by atoms with Gasteiger partial charge in [-0.2, -0.15) is 4.31 Å². The van der Waals surface area contributed by atoms with Gasteiger partial charge in [-0.15, -0.1) is 0 Å². The van der Waals surface area contributed by atoms with E-state index in [2.05, 4.69) is 4.98 Å². The van der Waals surface area contributed by atoms with Crippen LogP contribution >= 0.6 is 0 Å². The predicted molar refractivity (Wildman–Crippen MR) is 90.1 cm³/mol. The van der Waals surface area contributed by atoms with Gasteiger partial charge in [-0.1, -0.05) is 6.07 Å². The van der Waals surface area contributed by atoms with Crippen molar-refractivity contribution in [3.8, 4) is 5.75 Å². The Kier molecular flexibility index (Phi) is 4.40. The number of aromatic nitrogens is 1. The Labute approximate surface area is 150 Å². The first kappa shape index (κ1) is 17.4. The Hall–Kier alpha value is -2.06. The van der Waals surface area contributed by atoms with E-state index in [1.165, 1.54) is 4.31 Å². The number of sulfonamides is 1. The second-order valence-electron chi connectivity index (χ2n) is 6.67. The molecule has 5 nitrogen and oxygen atoms in total. The van der Waals surface area contributed by atoms with E-state index in [-0.39, 0.29) is 18.2 Å². The molecule has 0 radical (unpaired) electrons. The van der Waals surface area contributed by atoms with Crippen LogP contribution in [0.3, 0.4) is 0 Å². The fourth-order valence-electron chi connectivity index (χ4n) is 4.02. The number of fused-ring (bicyclic) bond motifs is 2. The summed E-state index contributed by atoms with van der Waals surface area (Å²) in [4.78, 5) is 3.14. The number of piperidine rings is 1. The number of pyridine rings is 1. The van der Waals surface area contributed by atoms with Gasteiger partial charge in [0.15, 0.2) is 4.90 Å². The lowest BCUT2D eigenvalue weighted by atomic mass is 10.0. The van der Waals surface area contributed by atoms with Gasteiger partial charge < -0.3 is 4.74 Å². The van der Waals surface area contributed by atoms with Gasteiger partial charge in [0, 0.05) is 31.1 Å². The molecule has 2 atom stereocenters. The van der Waals surface area contributed by atoms with Crippen LogP contribution in [0.1, 0.15) is 25.7 Å². The number of ether oxygens (including phenoxy) is 1. The van der Waals surface area contributed by atoms with Crippen LogP contribution < -0.4 is 4.74 Å². The van der Waals surface area contributed by atoms with Crippen LogP contribution in [0.15, 0.2) is 47.6 Å². The molecule has 2 aliphatic heterocycles. The van der Waals surface area contributed by atoms with Crippen LogP contribution in [0.25, 0.3) is 0 Å². The zero-order chi connectivity index (χ0) is 18.3. The molecule has 0 saturated carbocycles. The Morgan fingerprint density at radius 3 is 2.27 bits per heavy atom. The van der Waals surface area contributed by atoms with Crippen molar-refractivity contribution >= 4 is 10.0 Å². The first-order valence-corrected chi connectivity index (χ1v) is 9.95. The summed E-state index contributed by atoms with van der Waals surface area (Å²) in [6, 6.07) is 6.02. The average molecular weight is 380 g/mol. The fraction of sp³-hybridized carbons (Fsp3) is 0.389. The third-order valence-electron chi connectivity index (χ3n) is 5.01. The van der Waals surface area contributed by atoms with Crippen molar-refractivity contribution in [2.24, 2.45) is 0 Å². The number of nitrogens with zero attached hydrogens (tertiary/aromatic N) is 2. The molecule has 0 unspecified atom stereocenters. The first-order chi connectivity index (χ1) is 12.5. The fourth-order valence-corrected chi connectivity index (χ4v) is 6.02. The highest BCUT2D eigenvalue weighted by atomic mass is 32.2. The molecule has 2 aliphatic rings. The van der Waals surface area contributed by atoms with Gasteiger partial charge in [0.25, 0.3) is 0 Å². The summed E-state index contributed by atoms with van der Waals surface area (Å²) >= 11 is 0. The number of hydrogen-bond acceptors (Lipinski definition) is 4. The molecule has 0 amide bonds. The first-order valence-electron chi connectivity index (χ1n) is 8.51. The molecule has 2 bridgehead atoms. The van der Waals surface area contributed by atoms with Crippen LogP contribution in [0.2, 0.25) is 0 Å². The van der Waals surface area contributed by atoms with Crippen molar-refractivity contribution in [1.29, 1.82) is 0 Å². The van der Waals surface area contributed by atoms with Crippen molar-refractivity contribution in [2.75, 3.05) is 0 Å². The summed E-state index contributed by atoms with van der Waals surface area (Å²) in [5.74, 6) is -1.48. The molecule has 2 aromatic rings. The minimum Gasteiger partial charge on any atom is -0.489 e. The maximum absolute atomic E-state index is 14.1. The number of hydrogen-bond donors (Lipinski definition) is 0. The van der Waals surface area contributed by atoms with E-state index in [1.807, 2.05) is 0 Å². The minimum absolute atomic E-state index is 0.145. The lowest BCUT2D eigenvalue weighted by Gasteiger charge is -2.37. The van der Waals surface area contributed by atoms with E-state index >= 15 is 0 Å². The molecule has 0 N–H and O–H groups in total. The minimum atomic E-state index is -4.24. The van der Waals surface area contributed by atoms with E-state index in [0.29, 0.717) is 31.4 Å². The second-order valence-corrected chi connectivity index (χ2v) is 8.45. The number of rotatable bonds is 4. The average Bonchev–Trinajstić information content (AvgIpc) is 2.88. The summed E-state index contributed by atoms with van der Waals surface area (Å²) in [7, 11) is -4.24. The standard InChI is InChI=1S/C18H18F2N2O3S/c19-16-4-1-5-17(20)18(16)26(23,24)22-12-6-7-13(22)10-15(9-12)25-14-3-2-8-21-11-14/h1-5,8,11-13,15H,6-7,9-10H2/t12-,13-/m0/s1. The Balaban J connectivity index is 1.58. The molecular formula is C18H18F2N2O3S. The lowest BCUT2D eigenvalue weighted by Crippen LogP contribution is -2.49. The normalized spacial score (nSPS) is 26.0. The van der Waals surface area contributed by atoms with Crippen molar-refractivity contribution in [2.45, 2.75) is 48.8 Å². The molecule has 0 aliphatic carbocycles. The third-order valence-corrected chi connectivity index (χ3v) is 7.07. The van der Waals surface area contributed by atoms with Gasteiger partial charge in [-0.05, 0) is 37.1 Å². The quantitative estimate of drug-likeness (QED) is 0.818. The van der Waals surface area contributed by atoms with Gasteiger partial charge in [-0.3, -0.25) is 4.98 Å². The van der Waals surface area contributed by atoms with E-state index < -0.39 is 26.6 Å². The molecule has 2 fully saturated rings. The van der Waals surface area contributed by atoms with Crippen LogP contribution in [0.5, 0.6) is 5.75 Å². The van der Waals surface area contributed by atoms with Crippen molar-refractivity contribution in [3.05, 3.63) is 54.4 Å². The largest absolute Gasteiger partial charge is 0.489 e. The molecule has 26 heavy (non-hydrogen) atoms. The Morgan fingerprint density at radius 1 is 1.04 bits per heavy atom. The highest BCUT2D eigenvalue weighted by molar-refractivity contribution is 7.89. The third kappa shape index (κ3) is 2.97. The molecule has 2 saturated heterocycles. The van der Waals surface area contributed by atoms with Crippen molar-refractivity contribution in [3.63, 3.8) is 0 Å². The summed E-state index contributed by atoms with van der Waals surface area (Å²) in [5, 5.41) is 0.